The Hall–Kier alpha value is -2.44. The average Bonchev–Trinajstić information content (AvgIpc) is 2.98. The molecule has 100 valence electrons. The highest BCUT2D eigenvalue weighted by atomic mass is 16.5. The lowest BCUT2D eigenvalue weighted by Gasteiger charge is -2.17. The van der Waals surface area contributed by atoms with Crippen molar-refractivity contribution >= 4 is 11.7 Å². The molecule has 2 aromatic heterocycles. The minimum absolute atomic E-state index is 0.309. The fraction of sp³-hybridized carbons (Fsp3) is 0.333. The van der Waals surface area contributed by atoms with Crippen molar-refractivity contribution in [3.63, 3.8) is 0 Å². The lowest BCUT2D eigenvalue weighted by Crippen LogP contribution is -2.30. The van der Waals surface area contributed by atoms with Crippen LogP contribution in [0, 0.1) is 0 Å². The predicted octanol–water partition coefficient (Wildman–Crippen LogP) is 1.03. The molecule has 19 heavy (non-hydrogen) atoms. The second-order valence-electron chi connectivity index (χ2n) is 3.84. The maximum absolute atomic E-state index is 11.6. The number of hydrogen-bond donors (Lipinski definition) is 1. The number of nitrogens with zero attached hydrogens (tertiary/aromatic N) is 4. The molecule has 0 amide bonds. The molecule has 0 saturated heterocycles. The highest BCUT2D eigenvalue weighted by Crippen LogP contribution is 2.17. The molecule has 0 aliphatic rings. The van der Waals surface area contributed by atoms with Crippen molar-refractivity contribution in [2.45, 2.75) is 19.4 Å². The van der Waals surface area contributed by atoms with Crippen LogP contribution in [-0.4, -0.2) is 38.9 Å². The second-order valence-corrected chi connectivity index (χ2v) is 3.84. The quantitative estimate of drug-likeness (QED) is 0.809. The Morgan fingerprint density at radius 1 is 1.58 bits per heavy atom. The van der Waals surface area contributed by atoms with E-state index in [9.17, 15) is 4.79 Å². The van der Waals surface area contributed by atoms with Gasteiger partial charge in [0.2, 0.25) is 0 Å². The number of pyridine rings is 1. The molecule has 1 unspecified atom stereocenters. The van der Waals surface area contributed by atoms with Gasteiger partial charge in [0.25, 0.3) is 0 Å². The molecule has 0 aliphatic carbocycles. The monoisotopic (exact) mass is 261 g/mol. The van der Waals surface area contributed by atoms with E-state index in [-0.39, 0.29) is 5.97 Å². The summed E-state index contributed by atoms with van der Waals surface area (Å²) in [6.45, 7) is 1.90. The summed E-state index contributed by atoms with van der Waals surface area (Å²) in [5.74, 6) is 0.276. The van der Waals surface area contributed by atoms with Crippen LogP contribution in [0.1, 0.15) is 13.3 Å². The number of rotatable bonds is 5. The predicted molar refractivity (Wildman–Crippen MR) is 68.9 cm³/mol. The van der Waals surface area contributed by atoms with Crippen molar-refractivity contribution in [1.82, 2.24) is 19.7 Å². The first-order chi connectivity index (χ1) is 9.26. The van der Waals surface area contributed by atoms with E-state index in [0.717, 1.165) is 0 Å². The Labute approximate surface area is 110 Å². The largest absolute Gasteiger partial charge is 0.467 e. The maximum Gasteiger partial charge on any atom is 0.328 e. The van der Waals surface area contributed by atoms with Crippen molar-refractivity contribution in [2.24, 2.45) is 0 Å². The number of ether oxygens (including phenoxy) is 1. The lowest BCUT2D eigenvalue weighted by atomic mass is 10.2. The fourth-order valence-corrected chi connectivity index (χ4v) is 1.67. The van der Waals surface area contributed by atoms with Gasteiger partial charge in [-0.3, -0.25) is 0 Å². The van der Waals surface area contributed by atoms with Gasteiger partial charge < -0.3 is 10.1 Å². The van der Waals surface area contributed by atoms with Gasteiger partial charge in [-0.2, -0.15) is 5.10 Å². The van der Waals surface area contributed by atoms with E-state index in [4.69, 9.17) is 4.74 Å². The van der Waals surface area contributed by atoms with Gasteiger partial charge in [0.15, 0.2) is 5.82 Å². The van der Waals surface area contributed by atoms with Crippen LogP contribution in [0.3, 0.4) is 0 Å². The fourth-order valence-electron chi connectivity index (χ4n) is 1.67. The minimum atomic E-state index is -0.420. The summed E-state index contributed by atoms with van der Waals surface area (Å²) in [5, 5.41) is 7.14. The van der Waals surface area contributed by atoms with Gasteiger partial charge in [-0.05, 0) is 18.6 Å². The van der Waals surface area contributed by atoms with E-state index in [1.54, 1.807) is 18.6 Å². The first-order valence-corrected chi connectivity index (χ1v) is 5.90. The molecular weight excluding hydrogens is 246 g/mol. The summed E-state index contributed by atoms with van der Waals surface area (Å²) in [6, 6.07) is 3.19. The summed E-state index contributed by atoms with van der Waals surface area (Å²) < 4.78 is 6.28. The third kappa shape index (κ3) is 2.87. The minimum Gasteiger partial charge on any atom is -0.467 e. The Bertz CT molecular complexity index is 541. The van der Waals surface area contributed by atoms with Gasteiger partial charge >= 0.3 is 5.97 Å². The zero-order chi connectivity index (χ0) is 13.7. The van der Waals surface area contributed by atoms with Crippen LogP contribution >= 0.6 is 0 Å². The Morgan fingerprint density at radius 2 is 2.42 bits per heavy atom. The molecule has 0 bridgehead atoms. The Kier molecular flexibility index (Phi) is 4.07. The average molecular weight is 261 g/mol. The molecule has 0 fully saturated rings. The van der Waals surface area contributed by atoms with E-state index in [0.29, 0.717) is 17.9 Å². The Balaban J connectivity index is 2.28. The number of nitrogens with one attached hydrogen (secondary N) is 1. The first-order valence-electron chi connectivity index (χ1n) is 5.90. The summed E-state index contributed by atoms with van der Waals surface area (Å²) in [6.07, 6.45) is 5.24. The van der Waals surface area contributed by atoms with Crippen LogP contribution in [-0.2, 0) is 9.53 Å². The molecule has 0 spiro atoms. The van der Waals surface area contributed by atoms with E-state index in [1.807, 2.05) is 13.0 Å². The van der Waals surface area contributed by atoms with E-state index >= 15 is 0 Å². The third-order valence-corrected chi connectivity index (χ3v) is 2.65. The molecule has 0 radical (unpaired) electrons. The van der Waals surface area contributed by atoms with Gasteiger partial charge in [-0.25, -0.2) is 19.4 Å². The summed E-state index contributed by atoms with van der Waals surface area (Å²) in [5.41, 5.74) is 0.699. The summed E-state index contributed by atoms with van der Waals surface area (Å²) >= 11 is 0. The molecule has 2 aromatic rings. The van der Waals surface area contributed by atoms with Crippen LogP contribution in [0.25, 0.3) is 5.82 Å². The van der Waals surface area contributed by atoms with Crippen LogP contribution in [0.2, 0.25) is 0 Å². The molecular formula is C12H15N5O2. The summed E-state index contributed by atoms with van der Waals surface area (Å²) in [4.78, 5) is 19.7. The summed E-state index contributed by atoms with van der Waals surface area (Å²) in [7, 11) is 1.37. The van der Waals surface area contributed by atoms with Gasteiger partial charge in [-0.1, -0.05) is 6.92 Å². The van der Waals surface area contributed by atoms with E-state index in [1.165, 1.54) is 18.1 Å². The SMILES string of the molecule is CCC(Nc1cccnc1-n1cncn1)C(=O)OC. The highest BCUT2D eigenvalue weighted by molar-refractivity contribution is 5.79. The molecule has 2 rings (SSSR count). The van der Waals surface area contributed by atoms with Gasteiger partial charge in [0.1, 0.15) is 18.7 Å². The van der Waals surface area contributed by atoms with Gasteiger partial charge in [-0.15, -0.1) is 0 Å². The molecule has 7 heteroatoms. The molecule has 1 atom stereocenters. The lowest BCUT2D eigenvalue weighted by molar-refractivity contribution is -0.141. The molecule has 1 N–H and O–H groups in total. The topological polar surface area (TPSA) is 81.9 Å². The van der Waals surface area contributed by atoms with Gasteiger partial charge in [0.05, 0.1) is 12.8 Å². The van der Waals surface area contributed by atoms with Crippen molar-refractivity contribution in [3.8, 4) is 5.82 Å². The zero-order valence-corrected chi connectivity index (χ0v) is 10.8. The molecule has 2 heterocycles. The number of methoxy groups -OCH3 is 1. The Morgan fingerprint density at radius 3 is 3.05 bits per heavy atom. The molecule has 0 aliphatic heterocycles. The van der Waals surface area contributed by atoms with Crippen LogP contribution in [0.15, 0.2) is 31.0 Å². The maximum atomic E-state index is 11.6. The van der Waals surface area contributed by atoms with Gasteiger partial charge in [0, 0.05) is 6.20 Å². The van der Waals surface area contributed by atoms with Crippen molar-refractivity contribution in [1.29, 1.82) is 0 Å². The smallest absolute Gasteiger partial charge is 0.328 e. The highest BCUT2D eigenvalue weighted by Gasteiger charge is 2.18. The van der Waals surface area contributed by atoms with Crippen molar-refractivity contribution < 1.29 is 9.53 Å². The number of hydrogen-bond acceptors (Lipinski definition) is 6. The van der Waals surface area contributed by atoms with E-state index < -0.39 is 6.04 Å². The number of esters is 1. The normalized spacial score (nSPS) is 11.9. The van der Waals surface area contributed by atoms with Crippen LogP contribution < -0.4 is 5.32 Å². The second kappa shape index (κ2) is 5.94. The molecule has 0 saturated carbocycles. The number of carbonyl (C=O) groups is 1. The first kappa shape index (κ1) is 13.0. The van der Waals surface area contributed by atoms with E-state index in [2.05, 4.69) is 20.4 Å². The number of aromatic nitrogens is 4. The standard InChI is InChI=1S/C12H15N5O2/c1-3-9(12(18)19-2)16-10-5-4-6-14-11(10)17-8-13-7-15-17/h4-9,16H,3H2,1-2H3. The molecule has 0 aromatic carbocycles. The third-order valence-electron chi connectivity index (χ3n) is 2.65. The van der Waals surface area contributed by atoms with Crippen molar-refractivity contribution in [3.05, 3.63) is 31.0 Å². The van der Waals surface area contributed by atoms with Crippen molar-refractivity contribution in [2.75, 3.05) is 12.4 Å². The number of anilines is 1. The van der Waals surface area contributed by atoms with Crippen LogP contribution in [0.4, 0.5) is 5.69 Å². The zero-order valence-electron chi connectivity index (χ0n) is 10.8. The number of carbonyl (C=O) groups excluding carboxylic acids is 1. The molecule has 7 nitrogen and oxygen atoms in total. The van der Waals surface area contributed by atoms with Crippen LogP contribution in [0.5, 0.6) is 0 Å².